The van der Waals surface area contributed by atoms with Crippen molar-refractivity contribution in [3.8, 4) is 0 Å². The summed E-state index contributed by atoms with van der Waals surface area (Å²) in [6, 6.07) is 3.13. The summed E-state index contributed by atoms with van der Waals surface area (Å²) >= 11 is 0. The van der Waals surface area contributed by atoms with Crippen LogP contribution in [-0.4, -0.2) is 48.9 Å². The maximum atomic E-state index is 13.3. The largest absolute Gasteiger partial charge is 0.393 e. The van der Waals surface area contributed by atoms with Gasteiger partial charge in [-0.1, -0.05) is 19.8 Å². The van der Waals surface area contributed by atoms with Crippen LogP contribution in [0.2, 0.25) is 0 Å². The van der Waals surface area contributed by atoms with Crippen molar-refractivity contribution in [3.05, 3.63) is 47.7 Å². The molecule has 4 heterocycles. The Bertz CT molecular complexity index is 1330. The summed E-state index contributed by atoms with van der Waals surface area (Å²) in [7, 11) is 0. The summed E-state index contributed by atoms with van der Waals surface area (Å²) < 4.78 is 43.0. The number of hydrogen-bond acceptors (Lipinski definition) is 5. The smallest absolute Gasteiger partial charge is 0.355 e. The highest BCUT2D eigenvalue weighted by molar-refractivity contribution is 5.92. The van der Waals surface area contributed by atoms with Gasteiger partial charge < -0.3 is 10.6 Å². The predicted octanol–water partition coefficient (Wildman–Crippen LogP) is 4.10. The Hall–Kier alpha value is -3.44. The average molecular weight is 546 g/mol. The van der Waals surface area contributed by atoms with Crippen LogP contribution < -0.4 is 10.6 Å². The Morgan fingerprint density at radius 1 is 1.23 bits per heavy atom. The van der Waals surface area contributed by atoms with Gasteiger partial charge in [-0.3, -0.25) is 14.3 Å². The van der Waals surface area contributed by atoms with Gasteiger partial charge in [0, 0.05) is 25.2 Å². The maximum absolute atomic E-state index is 13.3. The van der Waals surface area contributed by atoms with E-state index in [1.807, 2.05) is 6.92 Å². The first-order chi connectivity index (χ1) is 18.6. The highest BCUT2D eigenvalue weighted by Crippen LogP contribution is 2.37. The molecule has 1 saturated heterocycles. The molecule has 2 fully saturated rings. The molecule has 3 aromatic heterocycles. The first kappa shape index (κ1) is 27.1. The molecule has 2 amide bonds. The zero-order valence-electron chi connectivity index (χ0n) is 22.1. The Morgan fingerprint density at radius 3 is 2.72 bits per heavy atom. The van der Waals surface area contributed by atoms with E-state index in [-0.39, 0.29) is 43.2 Å². The highest BCUT2D eigenvalue weighted by atomic mass is 19.4. The van der Waals surface area contributed by atoms with Gasteiger partial charge in [0.1, 0.15) is 5.69 Å². The van der Waals surface area contributed by atoms with E-state index in [9.17, 15) is 22.8 Å². The number of alkyl halides is 3. The molecule has 1 aliphatic carbocycles. The number of rotatable bonds is 7. The van der Waals surface area contributed by atoms with Crippen molar-refractivity contribution in [1.29, 1.82) is 0 Å². The van der Waals surface area contributed by atoms with E-state index in [0.717, 1.165) is 25.7 Å². The predicted molar refractivity (Wildman–Crippen MR) is 137 cm³/mol. The summed E-state index contributed by atoms with van der Waals surface area (Å²) in [5, 5.41) is 14.2. The van der Waals surface area contributed by atoms with Crippen molar-refractivity contribution in [1.82, 2.24) is 35.0 Å². The van der Waals surface area contributed by atoms with Crippen LogP contribution in [0.4, 0.5) is 13.2 Å². The molecule has 0 bridgehead atoms. The summed E-state index contributed by atoms with van der Waals surface area (Å²) in [4.78, 5) is 30.4. The number of carbonyl (C=O) groups is 2. The van der Waals surface area contributed by atoms with E-state index in [1.165, 1.54) is 0 Å². The van der Waals surface area contributed by atoms with E-state index in [0.29, 0.717) is 35.1 Å². The topological polar surface area (TPSA) is 106 Å². The summed E-state index contributed by atoms with van der Waals surface area (Å²) in [5.41, 5.74) is 2.33. The Labute approximate surface area is 224 Å². The Kier molecular flexibility index (Phi) is 7.64. The van der Waals surface area contributed by atoms with Crippen LogP contribution in [0.15, 0.2) is 30.7 Å². The Morgan fingerprint density at radius 2 is 2.00 bits per heavy atom. The number of imidazole rings is 1. The van der Waals surface area contributed by atoms with Crippen LogP contribution in [0.3, 0.4) is 0 Å². The molecule has 0 radical (unpaired) electrons. The number of aryl methyl sites for hydroxylation is 1. The van der Waals surface area contributed by atoms with Crippen LogP contribution in [0, 0.1) is 23.7 Å². The van der Waals surface area contributed by atoms with Gasteiger partial charge >= 0.3 is 6.18 Å². The van der Waals surface area contributed by atoms with Gasteiger partial charge in [-0.15, -0.1) is 0 Å². The van der Waals surface area contributed by atoms with Gasteiger partial charge in [0.2, 0.25) is 5.91 Å². The van der Waals surface area contributed by atoms with Gasteiger partial charge in [-0.05, 0) is 62.1 Å². The number of nitrogens with zero attached hydrogens (tertiary/aromatic N) is 5. The van der Waals surface area contributed by atoms with Crippen LogP contribution in [0.25, 0.3) is 5.65 Å². The molecule has 39 heavy (non-hydrogen) atoms. The third kappa shape index (κ3) is 5.94. The summed E-state index contributed by atoms with van der Waals surface area (Å²) in [6.07, 6.45) is 4.59. The van der Waals surface area contributed by atoms with Crippen molar-refractivity contribution in [3.63, 3.8) is 0 Å². The first-order valence-electron chi connectivity index (χ1n) is 13.6. The molecular formula is C27H34F3N7O2. The molecule has 1 saturated carbocycles. The number of hydrogen-bond donors (Lipinski definition) is 2. The van der Waals surface area contributed by atoms with Gasteiger partial charge in [-0.25, -0.2) is 9.50 Å². The number of amides is 2. The monoisotopic (exact) mass is 545 g/mol. The highest BCUT2D eigenvalue weighted by Gasteiger charge is 2.44. The van der Waals surface area contributed by atoms with Crippen molar-refractivity contribution in [2.45, 2.75) is 71.1 Å². The summed E-state index contributed by atoms with van der Waals surface area (Å²) in [5.74, 6) is -2.09. The molecule has 0 aromatic carbocycles. The summed E-state index contributed by atoms with van der Waals surface area (Å²) in [6.45, 7) is 4.36. The lowest BCUT2D eigenvalue weighted by molar-refractivity contribution is -0.183. The molecule has 1 aliphatic heterocycles. The Balaban J connectivity index is 1.38. The molecule has 210 valence electrons. The number of piperidine rings is 1. The second-order valence-electron chi connectivity index (χ2n) is 11.0. The molecule has 0 spiro atoms. The second kappa shape index (κ2) is 11.0. The van der Waals surface area contributed by atoms with Gasteiger partial charge in [0.05, 0.1) is 30.0 Å². The lowest BCUT2D eigenvalue weighted by Gasteiger charge is -2.32. The van der Waals surface area contributed by atoms with Gasteiger partial charge in [0.25, 0.3) is 5.91 Å². The van der Waals surface area contributed by atoms with Crippen LogP contribution in [-0.2, 0) is 17.8 Å². The molecule has 3 aromatic rings. The number of fused-ring (bicyclic) bond motifs is 1. The van der Waals surface area contributed by atoms with E-state index >= 15 is 0 Å². The second-order valence-corrected chi connectivity index (χ2v) is 11.0. The van der Waals surface area contributed by atoms with Crippen LogP contribution >= 0.6 is 0 Å². The van der Waals surface area contributed by atoms with Crippen molar-refractivity contribution in [2.24, 2.45) is 23.7 Å². The van der Waals surface area contributed by atoms with E-state index in [2.05, 4.69) is 27.8 Å². The lowest BCUT2D eigenvalue weighted by atomic mass is 9.78. The SMILES string of the molecule is CCn1nccc1C(=O)N[C@H](c1cn2ncc(CC3C[C@@H](C(F)(F)F)CNC3=O)cc2n1)C1CCC(C)CC1. The van der Waals surface area contributed by atoms with Crippen molar-refractivity contribution >= 4 is 17.5 Å². The number of nitrogens with one attached hydrogen (secondary N) is 2. The van der Waals surface area contributed by atoms with Gasteiger partial charge in [0.15, 0.2) is 5.65 Å². The maximum Gasteiger partial charge on any atom is 0.393 e. The quantitative estimate of drug-likeness (QED) is 0.465. The zero-order chi connectivity index (χ0) is 27.7. The lowest BCUT2D eigenvalue weighted by Crippen LogP contribution is -2.47. The number of aromatic nitrogens is 5. The van der Waals surface area contributed by atoms with E-state index < -0.39 is 18.0 Å². The molecule has 1 unspecified atom stereocenters. The standard InChI is InChI=1S/C27H34F3N7O2/c1-3-36-22(8-9-32-36)26(39)35-24(18-6-4-16(2)5-7-18)21-15-37-23(34-21)11-17(13-33-37)10-19-12-20(27(28,29)30)14-31-25(19)38/h8-9,11,13,15-16,18-20,24H,3-7,10,12,14H2,1-2H3,(H,31,38)(H,35,39)/t16?,18?,19?,20-,24+/m1/s1. The third-order valence-corrected chi connectivity index (χ3v) is 8.19. The molecule has 2 aliphatic rings. The fourth-order valence-electron chi connectivity index (χ4n) is 5.85. The average Bonchev–Trinajstić information content (AvgIpc) is 3.55. The first-order valence-corrected chi connectivity index (χ1v) is 13.6. The van der Waals surface area contributed by atoms with Crippen molar-refractivity contribution in [2.75, 3.05) is 6.54 Å². The molecule has 9 nitrogen and oxygen atoms in total. The van der Waals surface area contributed by atoms with Gasteiger partial charge in [-0.2, -0.15) is 23.4 Å². The normalized spacial score (nSPS) is 24.9. The fraction of sp³-hybridized carbons (Fsp3) is 0.593. The van der Waals surface area contributed by atoms with E-state index in [1.54, 1.807) is 39.9 Å². The fourth-order valence-corrected chi connectivity index (χ4v) is 5.85. The molecule has 12 heteroatoms. The zero-order valence-corrected chi connectivity index (χ0v) is 22.1. The molecule has 2 N–H and O–H groups in total. The number of carbonyl (C=O) groups excluding carboxylic acids is 2. The van der Waals surface area contributed by atoms with E-state index in [4.69, 9.17) is 4.98 Å². The number of halogens is 3. The van der Waals surface area contributed by atoms with Crippen LogP contribution in [0.1, 0.15) is 73.7 Å². The minimum absolute atomic E-state index is 0.145. The molecule has 5 rings (SSSR count). The minimum atomic E-state index is -4.35. The van der Waals surface area contributed by atoms with Crippen LogP contribution in [0.5, 0.6) is 0 Å². The van der Waals surface area contributed by atoms with Crippen molar-refractivity contribution < 1.29 is 22.8 Å². The third-order valence-electron chi connectivity index (χ3n) is 8.19. The molecule has 3 atom stereocenters. The minimum Gasteiger partial charge on any atom is -0.355 e. The molecular weight excluding hydrogens is 511 g/mol.